The van der Waals surface area contributed by atoms with E-state index in [4.69, 9.17) is 0 Å². The molecule has 0 N–H and O–H groups in total. The third kappa shape index (κ3) is 1.49. The van der Waals surface area contributed by atoms with Crippen LogP contribution in [0, 0.1) is 16.4 Å². The zero-order valence-electron chi connectivity index (χ0n) is 8.04. The Bertz CT molecular complexity index is 437. The van der Waals surface area contributed by atoms with Gasteiger partial charge in [0.05, 0.1) is 11.6 Å². The first kappa shape index (κ1) is 9.83. The number of carbonyl (C=O) groups is 1. The maximum absolute atomic E-state index is 11.8. The minimum absolute atomic E-state index is 0.0815. The summed E-state index contributed by atoms with van der Waals surface area (Å²) in [5.41, 5.74) is 2.71. The molecule has 0 aliphatic carbocycles. The molecule has 1 aromatic carbocycles. The van der Waals surface area contributed by atoms with Gasteiger partial charge in [0.1, 0.15) is 0 Å². The molecule has 1 unspecified atom stereocenters. The Morgan fingerprint density at radius 1 is 1.43 bits per heavy atom. The number of hydrogen-bond donors (Lipinski definition) is 0. The van der Waals surface area contributed by atoms with Gasteiger partial charge in [-0.15, -0.1) is 0 Å². The number of fused-ring (bicyclic) bond motifs is 1. The number of benzene rings is 1. The van der Waals surface area contributed by atoms with Gasteiger partial charge in [-0.25, -0.2) is 0 Å². The Kier molecular flexibility index (Phi) is 2.43. The van der Waals surface area contributed by atoms with Crippen molar-refractivity contribution in [1.29, 1.82) is 0 Å². The Labute approximate surface area is 96.6 Å². The van der Waals surface area contributed by atoms with Gasteiger partial charge in [-0.1, -0.05) is 6.92 Å². The summed E-state index contributed by atoms with van der Waals surface area (Å²) in [6.07, 6.45) is 1.72. The second-order valence-corrected chi connectivity index (χ2v) is 4.71. The number of aryl methyl sites for hydroxylation is 1. The predicted octanol–water partition coefficient (Wildman–Crippen LogP) is 3.13. The van der Waals surface area contributed by atoms with Crippen LogP contribution in [0.25, 0.3) is 0 Å². The lowest BCUT2D eigenvalue weighted by Gasteiger charge is -2.14. The van der Waals surface area contributed by atoms with E-state index in [0.717, 1.165) is 20.4 Å². The first-order valence-electron chi connectivity index (χ1n) is 4.48. The zero-order valence-corrected chi connectivity index (χ0v) is 10.2. The van der Waals surface area contributed by atoms with Crippen LogP contribution in [-0.4, -0.2) is 12.0 Å². The molecule has 0 saturated heterocycles. The lowest BCUT2D eigenvalue weighted by atomic mass is 9.95. The summed E-state index contributed by atoms with van der Waals surface area (Å²) in [6, 6.07) is 3.90. The molecule has 0 amide bonds. The molecule has 1 aromatic rings. The van der Waals surface area contributed by atoms with Gasteiger partial charge in [0.15, 0.2) is 5.78 Å². The zero-order chi connectivity index (χ0) is 10.3. The van der Waals surface area contributed by atoms with E-state index in [-0.39, 0.29) is 11.7 Å². The van der Waals surface area contributed by atoms with Gasteiger partial charge in [0.25, 0.3) is 0 Å². The standard InChI is InChI=1S/C11H10INO/c1-6-3-8-10(4-9(6)12)13-5-7(2)11(8)14/h3-5,7H,1-2H3. The van der Waals surface area contributed by atoms with Gasteiger partial charge < -0.3 is 0 Å². The Hall–Kier alpha value is -0.710. The average Bonchev–Trinajstić information content (AvgIpc) is 2.15. The highest BCUT2D eigenvalue weighted by atomic mass is 127. The second-order valence-electron chi connectivity index (χ2n) is 3.55. The molecule has 1 atom stereocenters. The van der Waals surface area contributed by atoms with Gasteiger partial charge in [-0.3, -0.25) is 9.79 Å². The Morgan fingerprint density at radius 3 is 2.86 bits per heavy atom. The van der Waals surface area contributed by atoms with Gasteiger partial charge in [-0.05, 0) is 47.2 Å². The molecular formula is C11H10INO. The van der Waals surface area contributed by atoms with E-state index < -0.39 is 0 Å². The summed E-state index contributed by atoms with van der Waals surface area (Å²) in [5.74, 6) is 0.0939. The van der Waals surface area contributed by atoms with Crippen LogP contribution < -0.4 is 0 Å². The van der Waals surface area contributed by atoms with Crippen molar-refractivity contribution in [1.82, 2.24) is 0 Å². The van der Waals surface area contributed by atoms with E-state index >= 15 is 0 Å². The largest absolute Gasteiger partial charge is 0.293 e. The molecule has 1 aliphatic rings. The van der Waals surface area contributed by atoms with Crippen molar-refractivity contribution >= 4 is 40.3 Å². The van der Waals surface area contributed by atoms with Crippen LogP contribution in [0.1, 0.15) is 22.8 Å². The highest BCUT2D eigenvalue weighted by Crippen LogP contribution is 2.29. The second kappa shape index (κ2) is 3.46. The SMILES string of the molecule is Cc1cc2c(cc1I)N=CC(C)C2=O. The number of Topliss-reactive ketones (excluding diaryl/α,β-unsaturated/α-hetero) is 1. The number of hydrogen-bond acceptors (Lipinski definition) is 2. The van der Waals surface area contributed by atoms with Crippen LogP contribution in [0.3, 0.4) is 0 Å². The summed E-state index contributed by atoms with van der Waals surface area (Å²) < 4.78 is 1.15. The van der Waals surface area contributed by atoms with Crippen LogP contribution in [0.5, 0.6) is 0 Å². The van der Waals surface area contributed by atoms with E-state index in [2.05, 4.69) is 27.6 Å². The van der Waals surface area contributed by atoms with Gasteiger partial charge >= 0.3 is 0 Å². The number of nitrogens with zero attached hydrogens (tertiary/aromatic N) is 1. The molecule has 1 aliphatic heterocycles. The van der Waals surface area contributed by atoms with Crippen molar-refractivity contribution in [3.8, 4) is 0 Å². The third-order valence-electron chi connectivity index (χ3n) is 2.39. The third-order valence-corrected chi connectivity index (χ3v) is 3.56. The summed E-state index contributed by atoms with van der Waals surface area (Å²) in [6.45, 7) is 3.89. The highest BCUT2D eigenvalue weighted by Gasteiger charge is 2.21. The maximum atomic E-state index is 11.8. The summed E-state index contributed by atoms with van der Waals surface area (Å²) in [5, 5.41) is 0. The molecule has 14 heavy (non-hydrogen) atoms. The van der Waals surface area contributed by atoms with Crippen LogP contribution in [0.4, 0.5) is 5.69 Å². The smallest absolute Gasteiger partial charge is 0.173 e. The maximum Gasteiger partial charge on any atom is 0.173 e. The van der Waals surface area contributed by atoms with Crippen molar-refractivity contribution in [2.75, 3.05) is 0 Å². The predicted molar refractivity (Wildman–Crippen MR) is 65.5 cm³/mol. The summed E-state index contributed by atoms with van der Waals surface area (Å²) in [4.78, 5) is 16.1. The molecule has 0 aromatic heterocycles. The van der Waals surface area contributed by atoms with Gasteiger partial charge in [0, 0.05) is 15.3 Å². The minimum atomic E-state index is -0.0815. The molecule has 1 heterocycles. The lowest BCUT2D eigenvalue weighted by Crippen LogP contribution is -2.16. The minimum Gasteiger partial charge on any atom is -0.293 e. The van der Waals surface area contributed by atoms with E-state index in [1.807, 2.05) is 26.0 Å². The molecule has 0 radical (unpaired) electrons. The fraction of sp³-hybridized carbons (Fsp3) is 0.273. The molecule has 2 nitrogen and oxygen atoms in total. The topological polar surface area (TPSA) is 29.4 Å². The molecule has 3 heteroatoms. The average molecular weight is 299 g/mol. The number of aliphatic imine (C=N–C) groups is 1. The lowest BCUT2D eigenvalue weighted by molar-refractivity contribution is 0.0962. The molecule has 0 saturated carbocycles. The van der Waals surface area contributed by atoms with Crippen molar-refractivity contribution in [3.63, 3.8) is 0 Å². The van der Waals surface area contributed by atoms with Crippen molar-refractivity contribution in [2.24, 2.45) is 10.9 Å². The van der Waals surface area contributed by atoms with Crippen molar-refractivity contribution in [2.45, 2.75) is 13.8 Å². The van der Waals surface area contributed by atoms with E-state index in [1.165, 1.54) is 0 Å². The fourth-order valence-corrected chi connectivity index (χ4v) is 1.93. The molecule has 2 rings (SSSR count). The summed E-state index contributed by atoms with van der Waals surface area (Å²) in [7, 11) is 0. The quantitative estimate of drug-likeness (QED) is 0.677. The number of ketones is 1. The van der Waals surface area contributed by atoms with E-state index in [1.54, 1.807) is 6.21 Å². The molecular weight excluding hydrogens is 289 g/mol. The highest BCUT2D eigenvalue weighted by molar-refractivity contribution is 14.1. The van der Waals surface area contributed by atoms with Gasteiger partial charge in [-0.2, -0.15) is 0 Å². The van der Waals surface area contributed by atoms with Crippen LogP contribution >= 0.6 is 22.6 Å². The van der Waals surface area contributed by atoms with E-state index in [0.29, 0.717) is 0 Å². The van der Waals surface area contributed by atoms with Crippen LogP contribution in [-0.2, 0) is 0 Å². The molecule has 0 bridgehead atoms. The first-order valence-corrected chi connectivity index (χ1v) is 5.56. The number of rotatable bonds is 0. The Balaban J connectivity index is 2.64. The molecule has 72 valence electrons. The van der Waals surface area contributed by atoms with Crippen molar-refractivity contribution in [3.05, 3.63) is 26.8 Å². The normalized spacial score (nSPS) is 19.6. The molecule has 0 fully saturated rings. The fourth-order valence-electron chi connectivity index (χ4n) is 1.48. The summed E-state index contributed by atoms with van der Waals surface area (Å²) >= 11 is 2.26. The van der Waals surface area contributed by atoms with Crippen LogP contribution in [0.15, 0.2) is 17.1 Å². The van der Waals surface area contributed by atoms with Crippen molar-refractivity contribution < 1.29 is 4.79 Å². The first-order chi connectivity index (χ1) is 6.59. The number of carbonyl (C=O) groups excluding carboxylic acids is 1. The van der Waals surface area contributed by atoms with Gasteiger partial charge in [0.2, 0.25) is 0 Å². The molecule has 0 spiro atoms. The Morgan fingerprint density at radius 2 is 2.14 bits per heavy atom. The number of halogens is 1. The van der Waals surface area contributed by atoms with E-state index in [9.17, 15) is 4.79 Å². The monoisotopic (exact) mass is 299 g/mol. The van der Waals surface area contributed by atoms with Crippen LogP contribution in [0.2, 0.25) is 0 Å².